The summed E-state index contributed by atoms with van der Waals surface area (Å²) in [7, 11) is 0. The molecular formula is C78H78O4. The lowest BCUT2D eigenvalue weighted by molar-refractivity contribution is 0.460. The molecule has 0 saturated carbocycles. The van der Waals surface area contributed by atoms with Crippen molar-refractivity contribution in [2.45, 2.75) is 117 Å². The number of phenolic OH excluding ortho intramolecular Hbond substituents is 4. The first-order chi connectivity index (χ1) is 39.0. The van der Waals surface area contributed by atoms with Gasteiger partial charge in [0.05, 0.1) is 0 Å². The molecule has 0 aromatic heterocycles. The van der Waals surface area contributed by atoms with Gasteiger partial charge in [0.15, 0.2) is 0 Å². The highest BCUT2D eigenvalue weighted by Crippen LogP contribution is 2.46. The number of aromatic hydroxyl groups is 4. The summed E-state index contributed by atoms with van der Waals surface area (Å²) in [6.07, 6.45) is 0. The molecule has 0 amide bonds. The van der Waals surface area contributed by atoms with Crippen LogP contribution in [0.4, 0.5) is 0 Å². The summed E-state index contributed by atoms with van der Waals surface area (Å²) < 4.78 is 0. The Balaban J connectivity index is 0.000000185. The number of aryl methyl sites for hydroxylation is 2. The zero-order valence-electron chi connectivity index (χ0n) is 49.7. The highest BCUT2D eigenvalue weighted by molar-refractivity contribution is 6.03. The Bertz CT molecular complexity index is 4080. The van der Waals surface area contributed by atoms with Crippen LogP contribution < -0.4 is 0 Å². The molecule has 11 aromatic carbocycles. The van der Waals surface area contributed by atoms with Crippen LogP contribution in [0.1, 0.15) is 159 Å². The van der Waals surface area contributed by atoms with E-state index >= 15 is 0 Å². The van der Waals surface area contributed by atoms with Gasteiger partial charge >= 0.3 is 0 Å². The van der Waals surface area contributed by atoms with Gasteiger partial charge in [-0.2, -0.15) is 0 Å². The van der Waals surface area contributed by atoms with Crippen molar-refractivity contribution >= 4 is 32.3 Å². The molecule has 4 N–H and O–H groups in total. The van der Waals surface area contributed by atoms with Gasteiger partial charge in [-0.3, -0.25) is 0 Å². The number of hydrogen-bond acceptors (Lipinski definition) is 4. The molecule has 0 heterocycles. The summed E-state index contributed by atoms with van der Waals surface area (Å²) in [5.74, 6) is 1.30. The van der Waals surface area contributed by atoms with Crippen LogP contribution in [0, 0.1) is 13.8 Å². The second kappa shape index (κ2) is 22.0. The average molecular weight is 1080 g/mol. The van der Waals surface area contributed by atoms with E-state index in [1.165, 1.54) is 76.8 Å². The first kappa shape index (κ1) is 56.7. The third-order valence-corrected chi connectivity index (χ3v) is 18.4. The van der Waals surface area contributed by atoms with Gasteiger partial charge < -0.3 is 20.4 Å². The molecule has 0 saturated heterocycles. The maximum atomic E-state index is 11.5. The molecule has 414 valence electrons. The van der Waals surface area contributed by atoms with Gasteiger partial charge in [0.2, 0.25) is 0 Å². The van der Waals surface area contributed by atoms with E-state index in [0.29, 0.717) is 11.5 Å². The third kappa shape index (κ3) is 10.6. The zero-order chi connectivity index (χ0) is 58.5. The molecule has 2 unspecified atom stereocenters. The smallest absolute Gasteiger partial charge is 0.122 e. The molecule has 2 atom stereocenters. The van der Waals surface area contributed by atoms with Gasteiger partial charge in [0, 0.05) is 44.6 Å². The second-order valence-electron chi connectivity index (χ2n) is 25.0. The molecule has 0 radical (unpaired) electrons. The van der Waals surface area contributed by atoms with Crippen molar-refractivity contribution in [3.63, 3.8) is 0 Å². The van der Waals surface area contributed by atoms with Crippen molar-refractivity contribution < 1.29 is 20.4 Å². The molecule has 0 bridgehead atoms. The van der Waals surface area contributed by atoms with Crippen LogP contribution in [-0.2, 0) is 21.7 Å². The van der Waals surface area contributed by atoms with Crippen LogP contribution >= 0.6 is 0 Å². The summed E-state index contributed by atoms with van der Waals surface area (Å²) >= 11 is 0. The van der Waals surface area contributed by atoms with E-state index < -0.39 is 0 Å². The van der Waals surface area contributed by atoms with E-state index in [9.17, 15) is 20.4 Å². The minimum absolute atomic E-state index is 0.0229. The van der Waals surface area contributed by atoms with Gasteiger partial charge in [-0.15, -0.1) is 0 Å². The summed E-state index contributed by atoms with van der Waals surface area (Å²) in [4.78, 5) is 0. The van der Waals surface area contributed by atoms with Crippen molar-refractivity contribution in [3.05, 3.63) is 296 Å². The molecular weight excluding hydrogens is 1000 g/mol. The predicted molar refractivity (Wildman–Crippen MR) is 344 cm³/mol. The molecule has 82 heavy (non-hydrogen) atoms. The zero-order valence-corrected chi connectivity index (χ0v) is 49.7. The van der Waals surface area contributed by atoms with E-state index in [0.717, 1.165) is 33.4 Å². The molecule has 4 heteroatoms. The number of benzene rings is 11. The predicted octanol–water partition coefficient (Wildman–Crippen LogP) is 19.9. The highest BCUT2D eigenvalue weighted by Gasteiger charge is 2.32. The lowest BCUT2D eigenvalue weighted by Gasteiger charge is -2.32. The Morgan fingerprint density at radius 1 is 0.280 bits per heavy atom. The van der Waals surface area contributed by atoms with Gasteiger partial charge in [-0.05, 0) is 143 Å². The first-order valence-electron chi connectivity index (χ1n) is 28.9. The molecule has 0 fully saturated rings. The van der Waals surface area contributed by atoms with Crippen molar-refractivity contribution in [1.29, 1.82) is 0 Å². The Kier molecular flexibility index (Phi) is 15.2. The SMILES string of the molecule is Cc1cc(C(C)(C)c2cccc(C(C)(C)c3ccc(O)cc3)c2)cc(C(C)c2c3ccccc3cc3ccccc23)c1O.Cc1cc(C(C)(C)c2cccc(C(C)(C)c3ccc(O)cc3)c2)cc(C(C)c2cccc3ccccc23)c1O. The Hall–Kier alpha value is -8.60. The van der Waals surface area contributed by atoms with E-state index in [1.54, 1.807) is 24.3 Å². The van der Waals surface area contributed by atoms with Crippen molar-refractivity contribution in [3.8, 4) is 23.0 Å². The van der Waals surface area contributed by atoms with Crippen molar-refractivity contribution in [1.82, 2.24) is 0 Å². The van der Waals surface area contributed by atoms with Crippen LogP contribution in [0.2, 0.25) is 0 Å². The van der Waals surface area contributed by atoms with Crippen LogP contribution in [-0.4, -0.2) is 20.4 Å². The Labute approximate surface area is 486 Å². The monoisotopic (exact) mass is 1080 g/mol. The largest absolute Gasteiger partial charge is 0.508 e. The minimum atomic E-state index is -0.311. The molecule has 0 aliphatic carbocycles. The lowest BCUT2D eigenvalue weighted by Crippen LogP contribution is -2.23. The molecule has 0 spiro atoms. The summed E-state index contributed by atoms with van der Waals surface area (Å²) in [6, 6.07) is 75.7. The fourth-order valence-electron chi connectivity index (χ4n) is 12.5. The summed E-state index contributed by atoms with van der Waals surface area (Å²) in [6.45, 7) is 26.4. The summed E-state index contributed by atoms with van der Waals surface area (Å²) in [5.41, 5.74) is 14.6. The Morgan fingerprint density at radius 3 is 1.05 bits per heavy atom. The quantitative estimate of drug-likeness (QED) is 0.0919. The number of hydrogen-bond donors (Lipinski definition) is 4. The minimum Gasteiger partial charge on any atom is -0.508 e. The number of phenols is 4. The molecule has 0 aliphatic rings. The topological polar surface area (TPSA) is 80.9 Å². The fraction of sp³-hybridized carbons (Fsp3) is 0.231. The fourth-order valence-corrected chi connectivity index (χ4v) is 12.5. The molecule has 11 rings (SSSR count). The Morgan fingerprint density at radius 2 is 0.622 bits per heavy atom. The van der Waals surface area contributed by atoms with Gasteiger partial charge in [0.25, 0.3) is 0 Å². The maximum Gasteiger partial charge on any atom is 0.122 e. The summed E-state index contributed by atoms with van der Waals surface area (Å²) in [5, 5.41) is 49.7. The molecule has 0 aliphatic heterocycles. The number of rotatable bonds is 12. The number of fused-ring (bicyclic) bond motifs is 3. The highest BCUT2D eigenvalue weighted by atomic mass is 16.3. The van der Waals surface area contributed by atoms with Gasteiger partial charge in [-0.25, -0.2) is 0 Å². The molecule has 11 aromatic rings. The van der Waals surface area contributed by atoms with E-state index in [-0.39, 0.29) is 45.0 Å². The van der Waals surface area contributed by atoms with Crippen LogP contribution in [0.15, 0.2) is 218 Å². The van der Waals surface area contributed by atoms with Crippen LogP contribution in [0.25, 0.3) is 32.3 Å². The van der Waals surface area contributed by atoms with Crippen molar-refractivity contribution in [2.75, 3.05) is 0 Å². The first-order valence-corrected chi connectivity index (χ1v) is 28.9. The van der Waals surface area contributed by atoms with Crippen LogP contribution in [0.5, 0.6) is 23.0 Å². The lowest BCUT2D eigenvalue weighted by atomic mass is 9.72. The standard InChI is InChI=1S/C41H40O2.C37H38O2/c1-26-22-33(41(5,6)32-15-11-14-31(24-32)40(3,4)30-18-20-34(42)21-19-30)25-37(39(26)43)27(2)38-35-16-9-7-12-28(35)23-29-13-8-10-17-36(29)38;1-24-21-30(23-34(35(24)39)25(2)32-16-9-12-26-11-7-8-15-33(26)32)37(5,6)29-14-10-13-28(22-29)36(3,4)27-17-19-31(38)20-18-27/h7-25,27,42-43H,1-6H3;7-23,25,38-39H,1-6H3. The van der Waals surface area contributed by atoms with Gasteiger partial charge in [0.1, 0.15) is 23.0 Å². The van der Waals surface area contributed by atoms with E-state index in [4.69, 9.17) is 0 Å². The second-order valence-corrected chi connectivity index (χ2v) is 25.0. The normalized spacial score (nSPS) is 13.0. The average Bonchev–Trinajstić information content (AvgIpc) is 3.62. The third-order valence-electron chi connectivity index (χ3n) is 18.4. The maximum absolute atomic E-state index is 11.5. The van der Waals surface area contributed by atoms with Crippen LogP contribution in [0.3, 0.4) is 0 Å². The molecule has 4 nitrogen and oxygen atoms in total. The van der Waals surface area contributed by atoms with Crippen molar-refractivity contribution in [2.24, 2.45) is 0 Å². The van der Waals surface area contributed by atoms with E-state index in [1.807, 2.05) is 38.1 Å². The van der Waals surface area contributed by atoms with Gasteiger partial charge in [-0.1, -0.05) is 257 Å². The van der Waals surface area contributed by atoms with E-state index in [2.05, 4.69) is 239 Å².